The van der Waals surface area contributed by atoms with E-state index in [0.717, 1.165) is 16.7 Å². The van der Waals surface area contributed by atoms with Gasteiger partial charge in [-0.25, -0.2) is 0 Å². The summed E-state index contributed by atoms with van der Waals surface area (Å²) < 4.78 is 0. The molecule has 9 heteroatoms. The predicted molar refractivity (Wildman–Crippen MR) is 152 cm³/mol. The van der Waals surface area contributed by atoms with E-state index in [1.54, 1.807) is 6.07 Å². The molecular weight excluding hydrogens is 493 g/mol. The molecule has 8 nitrogen and oxygen atoms in total. The van der Waals surface area contributed by atoms with Gasteiger partial charge < -0.3 is 25.5 Å². The summed E-state index contributed by atoms with van der Waals surface area (Å²) in [6.45, 7) is 3.98. The molecule has 202 valence electrons. The first-order valence-corrected chi connectivity index (χ1v) is 13.1. The largest absolute Gasteiger partial charge is 0.475 e. The third kappa shape index (κ3) is 7.13. The zero-order chi connectivity index (χ0) is 27.8. The maximum atomic E-state index is 13.6. The molecule has 39 heavy (non-hydrogen) atoms. The van der Waals surface area contributed by atoms with Gasteiger partial charge in [0.15, 0.2) is 0 Å². The highest BCUT2D eigenvalue weighted by molar-refractivity contribution is 6.43. The lowest BCUT2D eigenvalue weighted by atomic mass is 9.74. The molecule has 0 radical (unpaired) electrons. The molecular formula is C30H34BN3O5. The molecule has 1 aliphatic heterocycles. The van der Waals surface area contributed by atoms with Crippen molar-refractivity contribution in [1.29, 1.82) is 0 Å². The summed E-state index contributed by atoms with van der Waals surface area (Å²) >= 11 is 0. The Hall–Kier alpha value is -3.95. The van der Waals surface area contributed by atoms with E-state index >= 15 is 0 Å². The van der Waals surface area contributed by atoms with Crippen LogP contribution in [0.4, 0.5) is 0 Å². The normalized spacial score (nSPS) is 17.2. The van der Waals surface area contributed by atoms with Crippen LogP contribution < -0.4 is 10.6 Å². The van der Waals surface area contributed by atoms with Crippen LogP contribution in [0.5, 0.6) is 0 Å². The minimum Gasteiger partial charge on any atom is -0.426 e. The molecule has 0 aromatic heterocycles. The predicted octanol–water partition coefficient (Wildman–Crippen LogP) is 3.38. The minimum atomic E-state index is -1.71. The molecule has 3 aromatic rings. The first kappa shape index (κ1) is 28.1. The quantitative estimate of drug-likeness (QED) is 0.285. The van der Waals surface area contributed by atoms with Gasteiger partial charge >= 0.3 is 7.12 Å². The molecule has 0 spiro atoms. The number of amides is 2. The fourth-order valence-electron chi connectivity index (χ4n) is 4.75. The van der Waals surface area contributed by atoms with Crippen LogP contribution >= 0.6 is 0 Å². The monoisotopic (exact) mass is 527 g/mol. The molecule has 2 unspecified atom stereocenters. The Morgan fingerprint density at radius 3 is 2.28 bits per heavy atom. The van der Waals surface area contributed by atoms with E-state index in [9.17, 15) is 19.6 Å². The van der Waals surface area contributed by atoms with Crippen molar-refractivity contribution in [1.82, 2.24) is 10.6 Å². The molecule has 4 rings (SSSR count). The topological polar surface area (TPSA) is 120 Å². The maximum absolute atomic E-state index is 13.6. The number of rotatable bonds is 11. The van der Waals surface area contributed by atoms with E-state index in [0.29, 0.717) is 17.7 Å². The van der Waals surface area contributed by atoms with Crippen molar-refractivity contribution in [3.63, 3.8) is 0 Å². The molecule has 2 atom stereocenters. The molecule has 2 amide bonds. The van der Waals surface area contributed by atoms with Gasteiger partial charge in [0.2, 0.25) is 5.60 Å². The molecule has 0 aliphatic carbocycles. The lowest BCUT2D eigenvalue weighted by Gasteiger charge is -2.29. The van der Waals surface area contributed by atoms with Crippen molar-refractivity contribution >= 4 is 24.6 Å². The molecule has 3 aromatic carbocycles. The smallest absolute Gasteiger partial charge is 0.426 e. The van der Waals surface area contributed by atoms with Crippen molar-refractivity contribution in [2.24, 2.45) is 11.1 Å². The second-order valence-electron chi connectivity index (χ2n) is 10.3. The fourth-order valence-corrected chi connectivity index (χ4v) is 4.75. The lowest BCUT2D eigenvalue weighted by Crippen LogP contribution is -2.56. The second-order valence-corrected chi connectivity index (χ2v) is 10.3. The van der Waals surface area contributed by atoms with Gasteiger partial charge in [-0.05, 0) is 35.1 Å². The van der Waals surface area contributed by atoms with Crippen LogP contribution in [0, 0.1) is 5.92 Å². The number of hydrogen-bond donors (Lipinski definition) is 4. The summed E-state index contributed by atoms with van der Waals surface area (Å²) in [5.41, 5.74) is 2.28. The highest BCUT2D eigenvalue weighted by atomic mass is 16.7. The van der Waals surface area contributed by atoms with Crippen LogP contribution in [-0.4, -0.2) is 52.8 Å². The summed E-state index contributed by atoms with van der Waals surface area (Å²) in [4.78, 5) is 32.5. The van der Waals surface area contributed by atoms with E-state index in [1.165, 1.54) is 0 Å². The summed E-state index contributed by atoms with van der Waals surface area (Å²) in [7, 11) is -1.71. The minimum absolute atomic E-state index is 0.101. The van der Waals surface area contributed by atoms with E-state index in [1.807, 2.05) is 92.7 Å². The van der Waals surface area contributed by atoms with Gasteiger partial charge in [0, 0.05) is 18.4 Å². The van der Waals surface area contributed by atoms with Crippen LogP contribution in [0.1, 0.15) is 42.6 Å². The number of carbonyl (C=O) groups is 2. The van der Waals surface area contributed by atoms with Gasteiger partial charge in [-0.2, -0.15) is 0 Å². The Kier molecular flexibility index (Phi) is 9.17. The van der Waals surface area contributed by atoms with Crippen molar-refractivity contribution in [2.45, 2.75) is 44.7 Å². The SMILES string of the molecule is CC(C)CC(NC(=O)C1(Cc2ccccc2)CC(CNC(=O)c2ccccc2-c2ccccc2)=NO1)B(O)O. The molecule has 1 aliphatic rings. The average molecular weight is 527 g/mol. The summed E-state index contributed by atoms with van der Waals surface area (Å²) in [6.07, 6.45) is 0.757. The zero-order valence-electron chi connectivity index (χ0n) is 22.2. The Balaban J connectivity index is 1.48. The van der Waals surface area contributed by atoms with E-state index in [4.69, 9.17) is 4.84 Å². The van der Waals surface area contributed by atoms with Gasteiger partial charge in [-0.15, -0.1) is 0 Å². The van der Waals surface area contributed by atoms with Crippen LogP contribution in [0.15, 0.2) is 90.1 Å². The fraction of sp³-hybridized carbons (Fsp3) is 0.300. The van der Waals surface area contributed by atoms with Crippen molar-refractivity contribution in [2.75, 3.05) is 6.54 Å². The Morgan fingerprint density at radius 2 is 1.62 bits per heavy atom. The van der Waals surface area contributed by atoms with Gasteiger partial charge in [0.1, 0.15) is 0 Å². The third-order valence-electron chi connectivity index (χ3n) is 6.70. The van der Waals surface area contributed by atoms with Crippen molar-refractivity contribution in [3.8, 4) is 11.1 Å². The first-order chi connectivity index (χ1) is 18.8. The highest BCUT2D eigenvalue weighted by Crippen LogP contribution is 2.30. The van der Waals surface area contributed by atoms with Crippen LogP contribution in [0.2, 0.25) is 0 Å². The molecule has 0 fully saturated rings. The second kappa shape index (κ2) is 12.7. The first-order valence-electron chi connectivity index (χ1n) is 13.1. The summed E-state index contributed by atoms with van der Waals surface area (Å²) in [5.74, 6) is -1.47. The Labute approximate surface area is 229 Å². The molecule has 4 N–H and O–H groups in total. The lowest BCUT2D eigenvalue weighted by molar-refractivity contribution is -0.144. The maximum Gasteiger partial charge on any atom is 0.475 e. The number of benzene rings is 3. The molecule has 0 saturated carbocycles. The number of carbonyl (C=O) groups excluding carboxylic acids is 2. The van der Waals surface area contributed by atoms with E-state index < -0.39 is 24.6 Å². The molecule has 0 saturated heterocycles. The Bertz CT molecular complexity index is 1300. The standard InChI is InChI=1S/C30H34BN3O5/c1-21(2)17-27(31(37)38)33-29(36)30(18-22-11-5-3-6-12-22)19-24(34-39-30)20-32-28(35)26-16-10-9-15-25(26)23-13-7-4-8-14-23/h3-16,21,27,37-38H,17-20H2,1-2H3,(H,32,35)(H,33,36). The number of nitrogens with zero attached hydrogens (tertiary/aromatic N) is 1. The van der Waals surface area contributed by atoms with Gasteiger partial charge in [0.05, 0.1) is 18.2 Å². The summed E-state index contributed by atoms with van der Waals surface area (Å²) in [6, 6.07) is 26.5. The average Bonchev–Trinajstić information content (AvgIpc) is 3.36. The number of hydrogen-bond acceptors (Lipinski definition) is 6. The number of nitrogens with one attached hydrogen (secondary N) is 2. The van der Waals surface area contributed by atoms with Crippen molar-refractivity contribution in [3.05, 3.63) is 96.1 Å². The van der Waals surface area contributed by atoms with Crippen LogP contribution in [0.3, 0.4) is 0 Å². The highest BCUT2D eigenvalue weighted by Gasteiger charge is 2.48. The van der Waals surface area contributed by atoms with Crippen LogP contribution in [0.25, 0.3) is 11.1 Å². The van der Waals surface area contributed by atoms with Gasteiger partial charge in [-0.3, -0.25) is 9.59 Å². The van der Waals surface area contributed by atoms with Crippen molar-refractivity contribution < 1.29 is 24.5 Å². The van der Waals surface area contributed by atoms with Gasteiger partial charge in [-0.1, -0.05) is 97.9 Å². The van der Waals surface area contributed by atoms with Crippen LogP contribution in [-0.2, 0) is 16.1 Å². The third-order valence-corrected chi connectivity index (χ3v) is 6.70. The number of oxime groups is 1. The summed E-state index contributed by atoms with van der Waals surface area (Å²) in [5, 5.41) is 29.6. The van der Waals surface area contributed by atoms with Gasteiger partial charge in [0.25, 0.3) is 11.8 Å². The molecule has 1 heterocycles. The van der Waals surface area contributed by atoms with E-state index in [2.05, 4.69) is 15.8 Å². The van der Waals surface area contributed by atoms with E-state index in [-0.39, 0.29) is 31.2 Å². The zero-order valence-corrected chi connectivity index (χ0v) is 22.2. The molecule has 0 bridgehead atoms. The Morgan fingerprint density at radius 1 is 0.974 bits per heavy atom.